The summed E-state index contributed by atoms with van der Waals surface area (Å²) in [6.45, 7) is 4.14. The van der Waals surface area contributed by atoms with Gasteiger partial charge in [-0.3, -0.25) is 9.32 Å². The standard InChI is InChI=1S/C24H28FN6O7P/c1-4-35-21(32)15(2)30-39(34,38-16-8-6-5-7-9-16)36-13-17-12-23(3,33)24(14-26,37-17)19-11-10-18-20(27)28-22(25)29-31(18)19/h5-11,15,17,33H,4,12-13H2,1-3H3,(H,30,34)(H2,27,28,29)/t15-,17-,23+,24-,39?/m0/s1. The lowest BCUT2D eigenvalue weighted by molar-refractivity contribution is -0.144. The second kappa shape index (κ2) is 10.9. The van der Waals surface area contributed by atoms with E-state index in [1.54, 1.807) is 37.3 Å². The molecule has 39 heavy (non-hydrogen) atoms. The Morgan fingerprint density at radius 3 is 2.79 bits per heavy atom. The molecule has 0 bridgehead atoms. The largest absolute Gasteiger partial charge is 0.465 e. The fourth-order valence-corrected chi connectivity index (χ4v) is 5.87. The van der Waals surface area contributed by atoms with E-state index < -0.39 is 49.7 Å². The van der Waals surface area contributed by atoms with Gasteiger partial charge in [-0.25, -0.2) is 9.08 Å². The number of nitrogens with one attached hydrogen (secondary N) is 1. The van der Waals surface area contributed by atoms with Crippen LogP contribution in [0.4, 0.5) is 10.2 Å². The Bertz CT molecular complexity index is 1450. The number of ether oxygens (including phenoxy) is 2. The van der Waals surface area contributed by atoms with Crippen molar-refractivity contribution in [2.45, 2.75) is 50.5 Å². The van der Waals surface area contributed by atoms with Gasteiger partial charge in [0.25, 0.3) is 0 Å². The molecule has 208 valence electrons. The number of anilines is 1. The highest BCUT2D eigenvalue weighted by atomic mass is 31.2. The van der Waals surface area contributed by atoms with E-state index in [9.17, 15) is 24.1 Å². The van der Waals surface area contributed by atoms with Gasteiger partial charge >= 0.3 is 19.8 Å². The van der Waals surface area contributed by atoms with Crippen molar-refractivity contribution in [2.24, 2.45) is 0 Å². The number of nitrogens with two attached hydrogens (primary N) is 1. The van der Waals surface area contributed by atoms with Crippen molar-refractivity contribution in [1.29, 1.82) is 5.26 Å². The summed E-state index contributed by atoms with van der Waals surface area (Å²) in [5, 5.41) is 27.8. The van der Waals surface area contributed by atoms with Crippen molar-refractivity contribution < 1.29 is 37.4 Å². The summed E-state index contributed by atoms with van der Waals surface area (Å²) in [7, 11) is -4.22. The van der Waals surface area contributed by atoms with Crippen LogP contribution < -0.4 is 15.3 Å². The van der Waals surface area contributed by atoms with Gasteiger partial charge < -0.3 is 24.8 Å². The maximum absolute atomic E-state index is 14.0. The number of esters is 1. The Balaban J connectivity index is 1.60. The molecule has 1 aromatic carbocycles. The van der Waals surface area contributed by atoms with Gasteiger partial charge in [-0.2, -0.15) is 19.7 Å². The molecule has 4 N–H and O–H groups in total. The summed E-state index contributed by atoms with van der Waals surface area (Å²) in [4.78, 5) is 15.6. The molecule has 5 atom stereocenters. The molecule has 1 unspecified atom stereocenters. The van der Waals surface area contributed by atoms with Crippen molar-refractivity contribution in [2.75, 3.05) is 18.9 Å². The molecule has 1 aliphatic rings. The molecule has 13 nitrogen and oxygen atoms in total. The minimum atomic E-state index is -4.22. The first-order valence-electron chi connectivity index (χ1n) is 12.0. The van der Waals surface area contributed by atoms with E-state index in [4.69, 9.17) is 24.3 Å². The van der Waals surface area contributed by atoms with Crippen LogP contribution in [-0.4, -0.2) is 56.6 Å². The van der Waals surface area contributed by atoms with Crippen LogP contribution in [-0.2, 0) is 29.0 Å². The predicted octanol–water partition coefficient (Wildman–Crippen LogP) is 2.45. The number of nitriles is 1. The van der Waals surface area contributed by atoms with E-state index in [0.717, 1.165) is 4.52 Å². The normalized spacial score (nSPS) is 25.1. The number of aliphatic hydroxyl groups is 1. The maximum Gasteiger partial charge on any atom is 0.459 e. The van der Waals surface area contributed by atoms with Crippen LogP contribution in [0.5, 0.6) is 5.75 Å². The lowest BCUT2D eigenvalue weighted by Gasteiger charge is -2.31. The first-order valence-corrected chi connectivity index (χ1v) is 13.5. The number of hydrogen-bond donors (Lipinski definition) is 3. The molecule has 0 aliphatic carbocycles. The van der Waals surface area contributed by atoms with Crippen LogP contribution in [0.15, 0.2) is 42.5 Å². The number of carbonyl (C=O) groups excluding carboxylic acids is 1. The highest BCUT2D eigenvalue weighted by Gasteiger charge is 2.60. The van der Waals surface area contributed by atoms with Crippen molar-refractivity contribution >= 4 is 25.1 Å². The zero-order valence-corrected chi connectivity index (χ0v) is 22.3. The topological polar surface area (TPSA) is 183 Å². The van der Waals surface area contributed by atoms with E-state index in [-0.39, 0.29) is 35.8 Å². The molecular weight excluding hydrogens is 534 g/mol. The smallest absolute Gasteiger partial charge is 0.459 e. The molecule has 0 amide bonds. The van der Waals surface area contributed by atoms with Gasteiger partial charge in [0.2, 0.25) is 5.60 Å². The average Bonchev–Trinajstić information content (AvgIpc) is 3.41. The Morgan fingerprint density at radius 2 is 2.13 bits per heavy atom. The van der Waals surface area contributed by atoms with Crippen LogP contribution in [0.1, 0.15) is 32.9 Å². The number of nitrogens with zero attached hydrogens (tertiary/aromatic N) is 4. The number of rotatable bonds is 10. The van der Waals surface area contributed by atoms with Crippen molar-refractivity contribution in [3.05, 3.63) is 54.2 Å². The van der Waals surface area contributed by atoms with Crippen molar-refractivity contribution in [3.8, 4) is 11.8 Å². The van der Waals surface area contributed by atoms with E-state index in [1.807, 2.05) is 6.07 Å². The monoisotopic (exact) mass is 562 g/mol. The lowest BCUT2D eigenvalue weighted by atomic mass is 9.82. The second-order valence-corrected chi connectivity index (χ2v) is 10.8. The summed E-state index contributed by atoms with van der Waals surface area (Å²) in [5.74, 6) is -0.635. The lowest BCUT2D eigenvalue weighted by Crippen LogP contribution is -2.46. The Morgan fingerprint density at radius 1 is 1.41 bits per heavy atom. The first-order chi connectivity index (χ1) is 18.4. The van der Waals surface area contributed by atoms with Gasteiger partial charge in [-0.15, -0.1) is 5.10 Å². The minimum absolute atomic E-state index is 0.0123. The number of para-hydroxylation sites is 1. The van der Waals surface area contributed by atoms with Gasteiger partial charge in [0.15, 0.2) is 5.82 Å². The van der Waals surface area contributed by atoms with Crippen LogP contribution in [0, 0.1) is 17.4 Å². The molecule has 1 aliphatic heterocycles. The Labute approximate surface area is 223 Å². The number of carbonyl (C=O) groups is 1. The number of fused-ring (bicyclic) bond motifs is 1. The highest BCUT2D eigenvalue weighted by molar-refractivity contribution is 7.52. The molecule has 15 heteroatoms. The zero-order valence-electron chi connectivity index (χ0n) is 21.4. The number of halogens is 1. The van der Waals surface area contributed by atoms with Gasteiger partial charge in [-0.05, 0) is 45.0 Å². The summed E-state index contributed by atoms with van der Waals surface area (Å²) in [6.07, 6.45) is -2.26. The molecule has 0 radical (unpaired) electrons. The third-order valence-electron chi connectivity index (χ3n) is 6.15. The molecule has 2 aromatic heterocycles. The van der Waals surface area contributed by atoms with Crippen molar-refractivity contribution in [1.82, 2.24) is 19.7 Å². The SMILES string of the molecule is CCOC(=O)[C@H](C)NP(=O)(OC[C@@H]1C[C@@](C)(O)[C@](C#N)(c2ccc3c(N)nc(F)nn23)O1)Oc1ccccc1. The Kier molecular flexibility index (Phi) is 7.92. The first kappa shape index (κ1) is 28.4. The Hall–Kier alpha value is -3.60. The van der Waals surface area contributed by atoms with Crippen LogP contribution in [0.25, 0.3) is 5.52 Å². The van der Waals surface area contributed by atoms with Gasteiger partial charge in [0.05, 0.1) is 25.0 Å². The van der Waals surface area contributed by atoms with E-state index in [1.165, 1.54) is 26.0 Å². The number of nitrogen functional groups attached to an aromatic ring is 1. The molecule has 0 spiro atoms. The van der Waals surface area contributed by atoms with Crippen LogP contribution in [0.3, 0.4) is 0 Å². The zero-order chi connectivity index (χ0) is 28.4. The fourth-order valence-electron chi connectivity index (χ4n) is 4.35. The average molecular weight is 562 g/mol. The molecule has 1 saturated heterocycles. The second-order valence-electron chi connectivity index (χ2n) is 9.09. The summed E-state index contributed by atoms with van der Waals surface area (Å²) in [5.41, 5.74) is 2.15. The van der Waals surface area contributed by atoms with E-state index in [2.05, 4.69) is 15.2 Å². The van der Waals surface area contributed by atoms with Gasteiger partial charge in [-0.1, -0.05) is 18.2 Å². The number of hydrogen-bond acceptors (Lipinski definition) is 11. The summed E-state index contributed by atoms with van der Waals surface area (Å²) < 4.78 is 50.9. The molecular formula is C24H28FN6O7P. The third kappa shape index (κ3) is 5.59. The van der Waals surface area contributed by atoms with Gasteiger partial charge in [0, 0.05) is 6.42 Å². The third-order valence-corrected chi connectivity index (χ3v) is 7.79. The molecule has 3 heterocycles. The quantitative estimate of drug-likeness (QED) is 0.243. The molecule has 3 aromatic rings. The van der Waals surface area contributed by atoms with Gasteiger partial charge in [0.1, 0.15) is 29.0 Å². The minimum Gasteiger partial charge on any atom is -0.465 e. The highest BCUT2D eigenvalue weighted by Crippen LogP contribution is 2.50. The summed E-state index contributed by atoms with van der Waals surface area (Å²) >= 11 is 0. The number of aromatic nitrogens is 3. The van der Waals surface area contributed by atoms with Crippen LogP contribution >= 0.6 is 7.75 Å². The predicted molar refractivity (Wildman–Crippen MR) is 135 cm³/mol. The fraction of sp³-hybridized carbons (Fsp3) is 0.417. The summed E-state index contributed by atoms with van der Waals surface area (Å²) in [6, 6.07) is 12.0. The number of benzene rings is 1. The molecule has 1 fully saturated rings. The van der Waals surface area contributed by atoms with Crippen LogP contribution in [0.2, 0.25) is 0 Å². The van der Waals surface area contributed by atoms with E-state index in [0.29, 0.717) is 0 Å². The van der Waals surface area contributed by atoms with Crippen molar-refractivity contribution in [3.63, 3.8) is 0 Å². The van der Waals surface area contributed by atoms with E-state index >= 15 is 0 Å². The molecule has 4 rings (SSSR count). The maximum atomic E-state index is 14.0. The molecule has 0 saturated carbocycles.